The van der Waals surface area contributed by atoms with Gasteiger partial charge < -0.3 is 14.4 Å². The van der Waals surface area contributed by atoms with Crippen molar-refractivity contribution in [3.05, 3.63) is 23.8 Å². The van der Waals surface area contributed by atoms with E-state index in [0.29, 0.717) is 5.69 Å². The summed E-state index contributed by atoms with van der Waals surface area (Å²) in [5.74, 6) is 0. The number of hydrogen-bond donors (Lipinski definition) is 2. The third kappa shape index (κ3) is 2.81. The van der Waals surface area contributed by atoms with Gasteiger partial charge in [-0.05, 0) is 57.8 Å². The van der Waals surface area contributed by atoms with E-state index in [1.807, 2.05) is 40.7 Å². The van der Waals surface area contributed by atoms with Gasteiger partial charge in [0, 0.05) is 5.69 Å². The van der Waals surface area contributed by atoms with Crippen molar-refractivity contribution in [2.45, 2.75) is 45.8 Å². The van der Waals surface area contributed by atoms with Crippen LogP contribution in [0.25, 0.3) is 0 Å². The number of benzene rings is 1. The van der Waals surface area contributed by atoms with Crippen molar-refractivity contribution < 1.29 is 19.2 Å². The van der Waals surface area contributed by atoms with Crippen LogP contribution in [0, 0.1) is 6.92 Å². The second-order valence-electron chi connectivity index (χ2n) is 6.15. The molecule has 1 aliphatic heterocycles. The number of anilines is 1. The fourth-order valence-corrected chi connectivity index (χ4v) is 2.12. The maximum Gasteiger partial charge on any atom is 0.494 e. The fourth-order valence-electron chi connectivity index (χ4n) is 2.12. The van der Waals surface area contributed by atoms with E-state index in [0.717, 1.165) is 11.0 Å². The van der Waals surface area contributed by atoms with Crippen LogP contribution in [0.15, 0.2) is 18.2 Å². The molecule has 0 saturated carbocycles. The van der Waals surface area contributed by atoms with Gasteiger partial charge in [0.05, 0.1) is 11.2 Å². The molecule has 1 aromatic rings. The molecule has 1 saturated heterocycles. The number of carboxylic acid groups (broad SMARTS) is 1. The highest BCUT2D eigenvalue weighted by Crippen LogP contribution is 2.36. The molecule has 1 aromatic carbocycles. The summed E-state index contributed by atoms with van der Waals surface area (Å²) < 4.78 is 11.9. The Morgan fingerprint density at radius 2 is 1.70 bits per heavy atom. The lowest BCUT2D eigenvalue weighted by molar-refractivity contribution is 0.00578. The summed E-state index contributed by atoms with van der Waals surface area (Å²) >= 11 is 0. The topological polar surface area (TPSA) is 67.8 Å². The van der Waals surface area contributed by atoms with E-state index in [1.54, 1.807) is 12.1 Å². The molecule has 0 unspecified atom stereocenters. The van der Waals surface area contributed by atoms with E-state index in [2.05, 4.69) is 5.32 Å². The van der Waals surface area contributed by atoms with Gasteiger partial charge in [0.1, 0.15) is 0 Å². The molecule has 0 aliphatic carbocycles. The first-order valence-electron chi connectivity index (χ1n) is 6.58. The highest BCUT2D eigenvalue weighted by molar-refractivity contribution is 6.62. The first-order chi connectivity index (χ1) is 9.10. The summed E-state index contributed by atoms with van der Waals surface area (Å²) in [5, 5.41) is 11.2. The minimum Gasteiger partial charge on any atom is -0.465 e. The summed E-state index contributed by atoms with van der Waals surface area (Å²) in [6.45, 7) is 9.85. The highest BCUT2D eigenvalue weighted by atomic mass is 16.7. The van der Waals surface area contributed by atoms with Crippen LogP contribution in [0.4, 0.5) is 10.5 Å². The molecule has 108 valence electrons. The number of amides is 1. The molecule has 2 N–H and O–H groups in total. The lowest BCUT2D eigenvalue weighted by Gasteiger charge is -2.32. The SMILES string of the molecule is Cc1cc(NC(=O)O)cc(B2OC(C)(C)C(C)(C)O2)c1. The van der Waals surface area contributed by atoms with E-state index >= 15 is 0 Å². The molecule has 1 heterocycles. The van der Waals surface area contributed by atoms with Crippen LogP contribution in [0.2, 0.25) is 0 Å². The summed E-state index contributed by atoms with van der Waals surface area (Å²) in [4.78, 5) is 10.7. The van der Waals surface area contributed by atoms with E-state index in [1.165, 1.54) is 0 Å². The average molecular weight is 277 g/mol. The predicted molar refractivity (Wildman–Crippen MR) is 78.5 cm³/mol. The van der Waals surface area contributed by atoms with Crippen molar-refractivity contribution in [1.82, 2.24) is 0 Å². The Kier molecular flexibility index (Phi) is 3.56. The summed E-state index contributed by atoms with van der Waals surface area (Å²) in [7, 11) is -0.491. The molecule has 0 spiro atoms. The van der Waals surface area contributed by atoms with Crippen molar-refractivity contribution in [3.63, 3.8) is 0 Å². The molecule has 1 aliphatic rings. The van der Waals surface area contributed by atoms with Crippen LogP contribution >= 0.6 is 0 Å². The molecule has 0 bridgehead atoms. The van der Waals surface area contributed by atoms with Crippen molar-refractivity contribution >= 4 is 24.4 Å². The van der Waals surface area contributed by atoms with Crippen LogP contribution in [0.3, 0.4) is 0 Å². The van der Waals surface area contributed by atoms with Crippen molar-refractivity contribution in [1.29, 1.82) is 0 Å². The van der Waals surface area contributed by atoms with Gasteiger partial charge in [-0.25, -0.2) is 4.79 Å². The van der Waals surface area contributed by atoms with Crippen molar-refractivity contribution in [3.8, 4) is 0 Å². The minimum atomic E-state index is -1.09. The standard InChI is InChI=1S/C14H20BNO4/c1-9-6-10(8-11(7-9)16-12(17)18)15-19-13(2,3)14(4,5)20-15/h6-8,16H,1-5H3,(H,17,18). The predicted octanol–water partition coefficient (Wildman–Crippen LogP) is 2.38. The first kappa shape index (κ1) is 14.9. The summed E-state index contributed by atoms with van der Waals surface area (Å²) in [5.41, 5.74) is 1.44. The van der Waals surface area contributed by atoms with Crippen LogP contribution in [-0.2, 0) is 9.31 Å². The minimum absolute atomic E-state index is 0.415. The molecule has 1 amide bonds. The molecular weight excluding hydrogens is 257 g/mol. The van der Waals surface area contributed by atoms with Crippen molar-refractivity contribution in [2.75, 3.05) is 5.32 Å². The second kappa shape index (κ2) is 4.79. The molecule has 1 fully saturated rings. The number of nitrogens with one attached hydrogen (secondary N) is 1. The summed E-state index contributed by atoms with van der Waals surface area (Å²) in [6, 6.07) is 5.45. The monoisotopic (exact) mass is 277 g/mol. The molecule has 2 rings (SSSR count). The van der Waals surface area contributed by atoms with Gasteiger partial charge in [-0.15, -0.1) is 0 Å². The quantitative estimate of drug-likeness (QED) is 0.814. The van der Waals surface area contributed by atoms with Gasteiger partial charge in [-0.1, -0.05) is 6.07 Å². The third-order valence-electron chi connectivity index (χ3n) is 3.88. The largest absolute Gasteiger partial charge is 0.494 e. The lowest BCUT2D eigenvalue weighted by Crippen LogP contribution is -2.41. The van der Waals surface area contributed by atoms with E-state index in [-0.39, 0.29) is 0 Å². The molecule has 0 atom stereocenters. The zero-order valence-electron chi connectivity index (χ0n) is 12.5. The Morgan fingerprint density at radius 1 is 1.15 bits per heavy atom. The Labute approximate surface area is 119 Å². The zero-order chi connectivity index (χ0) is 15.1. The number of rotatable bonds is 2. The molecular formula is C14H20BNO4. The maximum absolute atomic E-state index is 10.7. The van der Waals surface area contributed by atoms with E-state index < -0.39 is 24.4 Å². The Balaban J connectivity index is 2.30. The molecule has 6 heteroatoms. The van der Waals surface area contributed by atoms with Gasteiger partial charge in [0.2, 0.25) is 0 Å². The number of hydrogen-bond acceptors (Lipinski definition) is 3. The maximum atomic E-state index is 10.7. The highest BCUT2D eigenvalue weighted by Gasteiger charge is 2.51. The van der Waals surface area contributed by atoms with Gasteiger partial charge >= 0.3 is 13.2 Å². The van der Waals surface area contributed by atoms with Gasteiger partial charge in [-0.2, -0.15) is 0 Å². The Hall–Kier alpha value is -1.53. The average Bonchev–Trinajstić information content (AvgIpc) is 2.46. The number of aryl methyl sites for hydroxylation is 1. The Bertz CT molecular complexity index is 526. The van der Waals surface area contributed by atoms with E-state index in [9.17, 15) is 4.79 Å². The lowest BCUT2D eigenvalue weighted by atomic mass is 9.78. The van der Waals surface area contributed by atoms with Crippen LogP contribution in [0.5, 0.6) is 0 Å². The normalized spacial score (nSPS) is 19.9. The fraction of sp³-hybridized carbons (Fsp3) is 0.500. The molecule has 5 nitrogen and oxygen atoms in total. The first-order valence-corrected chi connectivity index (χ1v) is 6.58. The van der Waals surface area contributed by atoms with Crippen LogP contribution in [0.1, 0.15) is 33.3 Å². The number of carbonyl (C=O) groups is 1. The van der Waals surface area contributed by atoms with Gasteiger partial charge in [-0.3, -0.25) is 5.32 Å². The van der Waals surface area contributed by atoms with Crippen LogP contribution < -0.4 is 10.8 Å². The van der Waals surface area contributed by atoms with Crippen LogP contribution in [-0.4, -0.2) is 29.5 Å². The smallest absolute Gasteiger partial charge is 0.465 e. The third-order valence-corrected chi connectivity index (χ3v) is 3.88. The zero-order valence-corrected chi connectivity index (χ0v) is 12.5. The summed E-state index contributed by atoms with van der Waals surface area (Å²) in [6.07, 6.45) is -1.09. The van der Waals surface area contributed by atoms with Gasteiger partial charge in [0.15, 0.2) is 0 Å². The Morgan fingerprint density at radius 3 is 2.20 bits per heavy atom. The van der Waals surface area contributed by atoms with Crippen molar-refractivity contribution in [2.24, 2.45) is 0 Å². The molecule has 0 aromatic heterocycles. The second-order valence-corrected chi connectivity index (χ2v) is 6.15. The van der Waals surface area contributed by atoms with E-state index in [4.69, 9.17) is 14.4 Å². The van der Waals surface area contributed by atoms with Gasteiger partial charge in [0.25, 0.3) is 0 Å². The molecule has 20 heavy (non-hydrogen) atoms. The molecule has 0 radical (unpaired) electrons.